The number of aromatic nitrogens is 2. The molecule has 4 heteroatoms. The van der Waals surface area contributed by atoms with Gasteiger partial charge in [-0.25, -0.2) is 4.98 Å². The maximum atomic E-state index is 6.10. The molecule has 2 aromatic carbocycles. The molecule has 1 aromatic heterocycles. The molecule has 0 saturated heterocycles. The van der Waals surface area contributed by atoms with Crippen molar-refractivity contribution in [2.75, 3.05) is 0 Å². The van der Waals surface area contributed by atoms with Crippen LogP contribution in [0.1, 0.15) is 24.4 Å². The van der Waals surface area contributed by atoms with Gasteiger partial charge in [0.1, 0.15) is 5.82 Å². The summed E-state index contributed by atoms with van der Waals surface area (Å²) in [6.07, 6.45) is 0.961. The number of hydrogen-bond donors (Lipinski definition) is 0. The van der Waals surface area contributed by atoms with Crippen molar-refractivity contribution in [1.29, 1.82) is 0 Å². The van der Waals surface area contributed by atoms with Gasteiger partial charge in [-0.05, 0) is 37.1 Å². The summed E-state index contributed by atoms with van der Waals surface area (Å²) < 4.78 is 3.31. The van der Waals surface area contributed by atoms with E-state index in [1.807, 2.05) is 18.2 Å². The van der Waals surface area contributed by atoms with Crippen molar-refractivity contribution < 1.29 is 0 Å². The highest BCUT2D eigenvalue weighted by Gasteiger charge is 2.16. The zero-order chi connectivity index (χ0) is 14.8. The Labute approximate surface area is 137 Å². The number of fused-ring (bicyclic) bond motifs is 1. The van der Waals surface area contributed by atoms with Gasteiger partial charge >= 0.3 is 0 Å². The Kier molecular flexibility index (Phi) is 4.32. The van der Waals surface area contributed by atoms with Crippen molar-refractivity contribution in [3.8, 4) is 0 Å². The predicted molar refractivity (Wildman–Crippen MR) is 91.8 cm³/mol. The minimum atomic E-state index is 0.306. The molecule has 21 heavy (non-hydrogen) atoms. The first kappa shape index (κ1) is 14.6. The monoisotopic (exact) mass is 362 g/mol. The SMILES string of the molecule is CC(Cc1ccccc1)n1c(CCl)nc2ccc(Br)cc21. The molecule has 0 aliphatic heterocycles. The van der Waals surface area contributed by atoms with Crippen molar-refractivity contribution in [1.82, 2.24) is 9.55 Å². The average Bonchev–Trinajstić information content (AvgIpc) is 2.86. The van der Waals surface area contributed by atoms with Gasteiger partial charge in [0, 0.05) is 10.5 Å². The first-order valence-corrected chi connectivity index (χ1v) is 8.28. The number of imidazole rings is 1. The van der Waals surface area contributed by atoms with Gasteiger partial charge in [-0.2, -0.15) is 0 Å². The highest BCUT2D eigenvalue weighted by Crippen LogP contribution is 2.27. The van der Waals surface area contributed by atoms with Gasteiger partial charge in [-0.1, -0.05) is 46.3 Å². The average molecular weight is 364 g/mol. The molecule has 0 radical (unpaired) electrons. The molecule has 0 aliphatic rings. The Morgan fingerprint density at radius 2 is 1.95 bits per heavy atom. The molecule has 0 saturated carbocycles. The van der Waals surface area contributed by atoms with Crippen LogP contribution in [-0.2, 0) is 12.3 Å². The van der Waals surface area contributed by atoms with Crippen molar-refractivity contribution in [3.63, 3.8) is 0 Å². The first-order chi connectivity index (χ1) is 10.2. The molecule has 1 heterocycles. The fourth-order valence-electron chi connectivity index (χ4n) is 2.75. The lowest BCUT2D eigenvalue weighted by Gasteiger charge is -2.17. The number of nitrogens with zero attached hydrogens (tertiary/aromatic N) is 2. The Morgan fingerprint density at radius 1 is 1.19 bits per heavy atom. The van der Waals surface area contributed by atoms with Crippen LogP contribution in [0.15, 0.2) is 53.0 Å². The number of rotatable bonds is 4. The zero-order valence-corrected chi connectivity index (χ0v) is 14.1. The third-order valence-corrected chi connectivity index (χ3v) is 4.39. The molecule has 0 amide bonds. The van der Waals surface area contributed by atoms with E-state index in [0.717, 1.165) is 27.8 Å². The van der Waals surface area contributed by atoms with E-state index in [1.54, 1.807) is 0 Å². The summed E-state index contributed by atoms with van der Waals surface area (Å²) in [7, 11) is 0. The van der Waals surface area contributed by atoms with Crippen LogP contribution in [0.5, 0.6) is 0 Å². The highest BCUT2D eigenvalue weighted by molar-refractivity contribution is 9.10. The largest absolute Gasteiger partial charge is 0.324 e. The van der Waals surface area contributed by atoms with Crippen molar-refractivity contribution in [2.24, 2.45) is 0 Å². The van der Waals surface area contributed by atoms with E-state index in [2.05, 4.69) is 62.7 Å². The summed E-state index contributed by atoms with van der Waals surface area (Å²) in [5.74, 6) is 1.35. The minimum absolute atomic E-state index is 0.306. The van der Waals surface area contributed by atoms with Crippen LogP contribution < -0.4 is 0 Å². The van der Waals surface area contributed by atoms with Gasteiger partial charge in [0.15, 0.2) is 0 Å². The van der Waals surface area contributed by atoms with Crippen LogP contribution in [0.3, 0.4) is 0 Å². The van der Waals surface area contributed by atoms with Crippen LogP contribution in [0, 0.1) is 0 Å². The summed E-state index contributed by atoms with van der Waals surface area (Å²) in [5, 5.41) is 0. The molecule has 0 N–H and O–H groups in total. The topological polar surface area (TPSA) is 17.8 Å². The summed E-state index contributed by atoms with van der Waals surface area (Å²) in [6, 6.07) is 17.0. The third-order valence-electron chi connectivity index (χ3n) is 3.66. The van der Waals surface area contributed by atoms with Crippen molar-refractivity contribution in [2.45, 2.75) is 25.3 Å². The Morgan fingerprint density at radius 3 is 2.67 bits per heavy atom. The van der Waals surface area contributed by atoms with Gasteiger partial charge in [0.2, 0.25) is 0 Å². The van der Waals surface area contributed by atoms with Gasteiger partial charge < -0.3 is 4.57 Å². The van der Waals surface area contributed by atoms with Gasteiger partial charge in [0.05, 0.1) is 16.9 Å². The fraction of sp³-hybridized carbons (Fsp3) is 0.235. The Balaban J connectivity index is 2.03. The molecule has 3 aromatic rings. The highest BCUT2D eigenvalue weighted by atomic mass is 79.9. The molecular formula is C17H16BrClN2. The smallest absolute Gasteiger partial charge is 0.125 e. The fourth-order valence-corrected chi connectivity index (χ4v) is 3.29. The van der Waals surface area contributed by atoms with Gasteiger partial charge in [-0.15, -0.1) is 11.6 Å². The van der Waals surface area contributed by atoms with Crippen LogP contribution >= 0.6 is 27.5 Å². The van der Waals surface area contributed by atoms with Crippen LogP contribution in [-0.4, -0.2) is 9.55 Å². The van der Waals surface area contributed by atoms with Crippen LogP contribution in [0.2, 0.25) is 0 Å². The van der Waals surface area contributed by atoms with E-state index in [9.17, 15) is 0 Å². The standard InChI is InChI=1S/C17H16BrClN2/c1-12(9-13-5-3-2-4-6-13)21-16-10-14(18)7-8-15(16)20-17(21)11-19/h2-8,10,12H,9,11H2,1H3. The lowest BCUT2D eigenvalue weighted by molar-refractivity contribution is 0.543. The zero-order valence-electron chi connectivity index (χ0n) is 11.8. The molecule has 1 unspecified atom stereocenters. The van der Waals surface area contributed by atoms with E-state index in [1.165, 1.54) is 5.56 Å². The Bertz CT molecular complexity index is 752. The second-order valence-electron chi connectivity index (χ2n) is 5.20. The second-order valence-corrected chi connectivity index (χ2v) is 6.39. The molecule has 0 bridgehead atoms. The number of hydrogen-bond acceptors (Lipinski definition) is 1. The molecular weight excluding hydrogens is 348 g/mol. The molecule has 2 nitrogen and oxygen atoms in total. The van der Waals surface area contributed by atoms with E-state index in [4.69, 9.17) is 11.6 Å². The third kappa shape index (κ3) is 2.99. The number of alkyl halides is 1. The van der Waals surface area contributed by atoms with Gasteiger partial charge in [0.25, 0.3) is 0 Å². The summed E-state index contributed by atoms with van der Waals surface area (Å²) in [6.45, 7) is 2.21. The molecule has 3 rings (SSSR count). The van der Waals surface area contributed by atoms with Crippen LogP contribution in [0.25, 0.3) is 11.0 Å². The van der Waals surface area contributed by atoms with Crippen molar-refractivity contribution >= 4 is 38.6 Å². The quantitative estimate of drug-likeness (QED) is 0.572. The first-order valence-electron chi connectivity index (χ1n) is 6.95. The van der Waals surface area contributed by atoms with E-state index in [0.29, 0.717) is 11.9 Å². The maximum absolute atomic E-state index is 6.10. The van der Waals surface area contributed by atoms with E-state index in [-0.39, 0.29) is 0 Å². The number of halogens is 2. The molecule has 0 spiro atoms. The lowest BCUT2D eigenvalue weighted by Crippen LogP contribution is -2.11. The molecule has 1 atom stereocenters. The molecule has 0 aliphatic carbocycles. The second kappa shape index (κ2) is 6.20. The van der Waals surface area contributed by atoms with E-state index < -0.39 is 0 Å². The Hall–Kier alpha value is -1.32. The van der Waals surface area contributed by atoms with Crippen molar-refractivity contribution in [3.05, 3.63) is 64.4 Å². The predicted octanol–water partition coefficient (Wildman–Crippen LogP) is 5.34. The number of benzene rings is 2. The summed E-state index contributed by atoms with van der Waals surface area (Å²) in [5.41, 5.74) is 3.44. The minimum Gasteiger partial charge on any atom is -0.324 e. The molecule has 0 fully saturated rings. The lowest BCUT2D eigenvalue weighted by atomic mass is 10.1. The van der Waals surface area contributed by atoms with Crippen LogP contribution in [0.4, 0.5) is 0 Å². The van der Waals surface area contributed by atoms with Gasteiger partial charge in [-0.3, -0.25) is 0 Å². The molecule has 108 valence electrons. The van der Waals surface area contributed by atoms with E-state index >= 15 is 0 Å². The summed E-state index contributed by atoms with van der Waals surface area (Å²) in [4.78, 5) is 4.65. The summed E-state index contributed by atoms with van der Waals surface area (Å²) >= 11 is 9.63. The maximum Gasteiger partial charge on any atom is 0.125 e. The normalized spacial score (nSPS) is 12.7.